The predicted molar refractivity (Wildman–Crippen MR) is 65.5 cm³/mol. The van der Waals surface area contributed by atoms with Crippen LogP contribution in [0.25, 0.3) is 0 Å². The summed E-state index contributed by atoms with van der Waals surface area (Å²) in [5.41, 5.74) is 0. The van der Waals surface area contributed by atoms with Crippen LogP contribution in [0.4, 0.5) is 0 Å². The van der Waals surface area contributed by atoms with Crippen LogP contribution in [0.15, 0.2) is 33.7 Å². The molecule has 1 aliphatic heterocycles. The number of rotatable bonds is 2. The van der Waals surface area contributed by atoms with E-state index in [1.54, 1.807) is 18.7 Å². The van der Waals surface area contributed by atoms with Crippen molar-refractivity contribution in [2.45, 2.75) is 24.0 Å². The minimum atomic E-state index is -0.755. The number of hydrogen-bond acceptors (Lipinski definition) is 6. The monoisotopic (exact) mass is 264 g/mol. The molecule has 2 unspecified atom stereocenters. The minimum absolute atomic E-state index is 0.220. The van der Waals surface area contributed by atoms with Gasteiger partial charge in [0.25, 0.3) is 5.89 Å². The second-order valence-corrected chi connectivity index (χ2v) is 5.09. The van der Waals surface area contributed by atoms with E-state index in [4.69, 9.17) is 9.26 Å². The Morgan fingerprint density at radius 1 is 1.44 bits per heavy atom. The fraction of sp³-hybridized carbons (Fsp3) is 0.333. The standard InChI is InChI=1S/C12H12N2O3S/c1-7(15)12-13-11(14-17-12)9-6-18-10-5-3-2-4-8(10)16-9/h2-5,7,9,15H,6H2,1H3. The van der Waals surface area contributed by atoms with E-state index in [0.29, 0.717) is 5.82 Å². The Hall–Kier alpha value is -1.53. The molecule has 0 radical (unpaired) electrons. The van der Waals surface area contributed by atoms with Gasteiger partial charge < -0.3 is 14.4 Å². The van der Waals surface area contributed by atoms with Crippen molar-refractivity contribution in [1.82, 2.24) is 10.1 Å². The lowest BCUT2D eigenvalue weighted by molar-refractivity contribution is 0.151. The van der Waals surface area contributed by atoms with Crippen LogP contribution in [0.5, 0.6) is 5.75 Å². The van der Waals surface area contributed by atoms with E-state index in [0.717, 1.165) is 16.4 Å². The number of thioether (sulfide) groups is 1. The molecule has 5 nitrogen and oxygen atoms in total. The number of ether oxygens (including phenoxy) is 1. The summed E-state index contributed by atoms with van der Waals surface area (Å²) < 4.78 is 10.8. The summed E-state index contributed by atoms with van der Waals surface area (Å²) in [5, 5.41) is 13.2. The first kappa shape index (κ1) is 11.6. The summed E-state index contributed by atoms with van der Waals surface area (Å²) in [5.74, 6) is 2.27. The molecule has 2 aromatic rings. The highest BCUT2D eigenvalue weighted by Gasteiger charge is 2.26. The molecule has 0 amide bonds. The highest BCUT2D eigenvalue weighted by molar-refractivity contribution is 7.99. The normalized spacial score (nSPS) is 20.0. The maximum absolute atomic E-state index is 9.35. The summed E-state index contributed by atoms with van der Waals surface area (Å²) in [6.45, 7) is 1.59. The topological polar surface area (TPSA) is 68.4 Å². The van der Waals surface area contributed by atoms with Gasteiger partial charge in [0, 0.05) is 10.6 Å². The van der Waals surface area contributed by atoms with Crippen LogP contribution >= 0.6 is 11.8 Å². The van der Waals surface area contributed by atoms with Crippen molar-refractivity contribution in [3.63, 3.8) is 0 Å². The van der Waals surface area contributed by atoms with Gasteiger partial charge in [-0.2, -0.15) is 4.98 Å². The number of aliphatic hydroxyl groups excluding tert-OH is 1. The van der Waals surface area contributed by atoms with Crippen molar-refractivity contribution in [2.24, 2.45) is 0 Å². The molecular formula is C12H12N2O3S. The zero-order chi connectivity index (χ0) is 12.5. The Morgan fingerprint density at radius 2 is 2.28 bits per heavy atom. The summed E-state index contributed by atoms with van der Waals surface area (Å²) in [4.78, 5) is 5.26. The van der Waals surface area contributed by atoms with E-state index in [1.165, 1.54) is 0 Å². The van der Waals surface area contributed by atoms with Crippen molar-refractivity contribution < 1.29 is 14.4 Å². The number of hydrogen-bond donors (Lipinski definition) is 1. The van der Waals surface area contributed by atoms with Crippen molar-refractivity contribution in [1.29, 1.82) is 0 Å². The highest BCUT2D eigenvalue weighted by atomic mass is 32.2. The zero-order valence-corrected chi connectivity index (χ0v) is 10.6. The SMILES string of the molecule is CC(O)c1nc(C2CSc3ccccc3O2)no1. The molecule has 2 atom stereocenters. The first-order chi connectivity index (χ1) is 8.74. The second kappa shape index (κ2) is 4.62. The summed E-state index contributed by atoms with van der Waals surface area (Å²) >= 11 is 1.70. The number of fused-ring (bicyclic) bond motifs is 1. The molecule has 94 valence electrons. The lowest BCUT2D eigenvalue weighted by Gasteiger charge is -2.22. The maximum Gasteiger partial charge on any atom is 0.255 e. The Balaban J connectivity index is 1.83. The second-order valence-electron chi connectivity index (χ2n) is 4.03. The van der Waals surface area contributed by atoms with Gasteiger partial charge >= 0.3 is 0 Å². The molecule has 0 spiro atoms. The quantitative estimate of drug-likeness (QED) is 0.898. The molecule has 2 heterocycles. The van der Waals surface area contributed by atoms with Crippen LogP contribution in [0.1, 0.15) is 30.8 Å². The third kappa shape index (κ3) is 2.09. The number of benzene rings is 1. The van der Waals surface area contributed by atoms with Gasteiger partial charge in [0.2, 0.25) is 5.82 Å². The third-order valence-electron chi connectivity index (χ3n) is 2.61. The largest absolute Gasteiger partial charge is 0.480 e. The van der Waals surface area contributed by atoms with Gasteiger partial charge in [-0.15, -0.1) is 11.8 Å². The summed E-state index contributed by atoms with van der Waals surface area (Å²) in [6, 6.07) is 7.85. The smallest absolute Gasteiger partial charge is 0.255 e. The average Bonchev–Trinajstić information content (AvgIpc) is 2.88. The van der Waals surface area contributed by atoms with Gasteiger partial charge in [-0.25, -0.2) is 0 Å². The molecule has 18 heavy (non-hydrogen) atoms. The van der Waals surface area contributed by atoms with Gasteiger partial charge in [0.15, 0.2) is 6.10 Å². The summed E-state index contributed by atoms with van der Waals surface area (Å²) in [6.07, 6.45) is -0.990. The molecule has 0 saturated heterocycles. The van der Waals surface area contributed by atoms with Crippen LogP contribution in [-0.2, 0) is 0 Å². The Kier molecular flexibility index (Phi) is 2.97. The molecule has 1 N–H and O–H groups in total. The molecule has 0 saturated carbocycles. The predicted octanol–water partition coefficient (Wildman–Crippen LogP) is 2.35. The average molecular weight is 264 g/mol. The van der Waals surface area contributed by atoms with E-state index in [9.17, 15) is 5.11 Å². The van der Waals surface area contributed by atoms with E-state index < -0.39 is 6.10 Å². The molecule has 0 bridgehead atoms. The molecule has 1 aromatic carbocycles. The van der Waals surface area contributed by atoms with Crippen molar-refractivity contribution in [2.75, 3.05) is 5.75 Å². The Morgan fingerprint density at radius 3 is 3.06 bits per heavy atom. The third-order valence-corrected chi connectivity index (χ3v) is 3.73. The van der Waals surface area contributed by atoms with E-state index in [-0.39, 0.29) is 12.0 Å². The zero-order valence-electron chi connectivity index (χ0n) is 9.74. The van der Waals surface area contributed by atoms with Crippen LogP contribution in [0.2, 0.25) is 0 Å². The van der Waals surface area contributed by atoms with Gasteiger partial charge in [0.1, 0.15) is 11.9 Å². The number of aromatic nitrogens is 2. The lowest BCUT2D eigenvalue weighted by atomic mass is 10.3. The van der Waals surface area contributed by atoms with Crippen molar-refractivity contribution >= 4 is 11.8 Å². The molecule has 0 aliphatic carbocycles. The molecule has 1 aromatic heterocycles. The maximum atomic E-state index is 9.35. The van der Waals surface area contributed by atoms with Crippen LogP contribution in [0.3, 0.4) is 0 Å². The first-order valence-corrected chi connectivity index (χ1v) is 6.62. The van der Waals surface area contributed by atoms with Crippen molar-refractivity contribution in [3.05, 3.63) is 36.0 Å². The van der Waals surface area contributed by atoms with Crippen molar-refractivity contribution in [3.8, 4) is 5.75 Å². The molecule has 0 fully saturated rings. The fourth-order valence-corrected chi connectivity index (χ4v) is 2.68. The van der Waals surface area contributed by atoms with Gasteiger partial charge in [-0.3, -0.25) is 0 Å². The minimum Gasteiger partial charge on any atom is -0.480 e. The number of para-hydroxylation sites is 1. The fourth-order valence-electron chi connectivity index (χ4n) is 1.69. The molecular weight excluding hydrogens is 252 g/mol. The Bertz CT molecular complexity index is 556. The van der Waals surface area contributed by atoms with E-state index >= 15 is 0 Å². The van der Waals surface area contributed by atoms with E-state index in [2.05, 4.69) is 10.1 Å². The Labute approximate surface area is 108 Å². The van der Waals surface area contributed by atoms with Crippen LogP contribution < -0.4 is 4.74 Å². The lowest BCUT2D eigenvalue weighted by Crippen LogP contribution is -2.16. The number of aliphatic hydroxyl groups is 1. The van der Waals surface area contributed by atoms with E-state index in [1.807, 2.05) is 24.3 Å². The number of nitrogens with zero attached hydrogens (tertiary/aromatic N) is 2. The van der Waals surface area contributed by atoms with Gasteiger partial charge in [0.05, 0.1) is 0 Å². The molecule has 3 rings (SSSR count). The highest BCUT2D eigenvalue weighted by Crippen LogP contribution is 2.39. The van der Waals surface area contributed by atoms with Crippen LogP contribution in [-0.4, -0.2) is 21.0 Å². The van der Waals surface area contributed by atoms with Crippen LogP contribution in [0, 0.1) is 0 Å². The first-order valence-electron chi connectivity index (χ1n) is 5.64. The molecule has 1 aliphatic rings. The molecule has 6 heteroatoms. The van der Waals surface area contributed by atoms with Gasteiger partial charge in [-0.1, -0.05) is 17.3 Å². The van der Waals surface area contributed by atoms with Gasteiger partial charge in [-0.05, 0) is 19.1 Å². The summed E-state index contributed by atoms with van der Waals surface area (Å²) in [7, 11) is 0.